The minimum atomic E-state index is -1.14. The number of benzene rings is 1. The van der Waals surface area contributed by atoms with E-state index in [-0.39, 0.29) is 17.9 Å². The first-order valence-corrected chi connectivity index (χ1v) is 6.80. The van der Waals surface area contributed by atoms with Gasteiger partial charge in [-0.1, -0.05) is 15.9 Å². The van der Waals surface area contributed by atoms with Gasteiger partial charge in [-0.05, 0) is 30.3 Å². The lowest BCUT2D eigenvalue weighted by Crippen LogP contribution is -2.20. The number of furan rings is 1. The molecular weight excluding hydrogens is 340 g/mol. The Morgan fingerprint density at radius 3 is 2.86 bits per heavy atom. The van der Waals surface area contributed by atoms with Crippen LogP contribution in [0.3, 0.4) is 0 Å². The highest BCUT2D eigenvalue weighted by molar-refractivity contribution is 9.10. The lowest BCUT2D eigenvalue weighted by atomic mass is 10.2. The van der Waals surface area contributed by atoms with Gasteiger partial charge >= 0.3 is 5.97 Å². The standard InChI is InChI=1S/C14H9BrN2O4/c15-8-1-3-11-10(5-8)13(18)17(7-16-11)6-9-2-4-12(21-9)14(19)20/h1-5,7H,6H2,(H,19,20). The predicted octanol–water partition coefficient (Wildman–Crippen LogP) is 2.50. The molecule has 1 aromatic carbocycles. The fraction of sp³-hybridized carbons (Fsp3) is 0.0714. The number of halogens is 1. The summed E-state index contributed by atoms with van der Waals surface area (Å²) in [6, 6.07) is 8.14. The van der Waals surface area contributed by atoms with Crippen molar-refractivity contribution in [3.05, 3.63) is 63.0 Å². The maximum absolute atomic E-state index is 12.4. The highest BCUT2D eigenvalue weighted by atomic mass is 79.9. The van der Waals surface area contributed by atoms with E-state index >= 15 is 0 Å². The van der Waals surface area contributed by atoms with E-state index in [0.717, 1.165) is 4.47 Å². The molecule has 0 unspecified atom stereocenters. The van der Waals surface area contributed by atoms with Gasteiger partial charge in [-0.15, -0.1) is 0 Å². The maximum atomic E-state index is 12.4. The summed E-state index contributed by atoms with van der Waals surface area (Å²) in [6.45, 7) is 0.127. The van der Waals surface area contributed by atoms with Crippen LogP contribution >= 0.6 is 15.9 Å². The Bertz CT molecular complexity index is 897. The maximum Gasteiger partial charge on any atom is 0.371 e. The zero-order chi connectivity index (χ0) is 15.0. The summed E-state index contributed by atoms with van der Waals surface area (Å²) in [5.74, 6) is -0.922. The molecule has 0 bridgehead atoms. The van der Waals surface area contributed by atoms with Crippen molar-refractivity contribution in [2.75, 3.05) is 0 Å². The molecule has 0 atom stereocenters. The molecule has 0 spiro atoms. The van der Waals surface area contributed by atoms with Crippen molar-refractivity contribution in [1.82, 2.24) is 9.55 Å². The Balaban J connectivity index is 2.02. The number of carbonyl (C=O) groups is 1. The van der Waals surface area contributed by atoms with E-state index in [2.05, 4.69) is 20.9 Å². The van der Waals surface area contributed by atoms with Gasteiger partial charge in [-0.2, -0.15) is 0 Å². The minimum Gasteiger partial charge on any atom is -0.475 e. The third-order valence-corrected chi connectivity index (χ3v) is 3.48. The van der Waals surface area contributed by atoms with Crippen LogP contribution in [0.4, 0.5) is 0 Å². The van der Waals surface area contributed by atoms with Gasteiger partial charge in [0, 0.05) is 4.47 Å². The molecule has 0 aliphatic carbocycles. The zero-order valence-corrected chi connectivity index (χ0v) is 12.2. The van der Waals surface area contributed by atoms with Crippen LogP contribution in [0.1, 0.15) is 16.3 Å². The van der Waals surface area contributed by atoms with Gasteiger partial charge in [-0.3, -0.25) is 9.36 Å². The second-order valence-corrected chi connectivity index (χ2v) is 5.33. The lowest BCUT2D eigenvalue weighted by molar-refractivity contribution is 0.0660. The topological polar surface area (TPSA) is 85.3 Å². The van der Waals surface area contributed by atoms with Gasteiger partial charge in [0.25, 0.3) is 5.56 Å². The summed E-state index contributed by atoms with van der Waals surface area (Å²) in [5.41, 5.74) is 0.389. The molecule has 0 radical (unpaired) electrons. The number of hydrogen-bond donors (Lipinski definition) is 1. The van der Waals surface area contributed by atoms with Gasteiger partial charge in [0.2, 0.25) is 5.76 Å². The highest BCUT2D eigenvalue weighted by Gasteiger charge is 2.11. The molecule has 0 amide bonds. The van der Waals surface area contributed by atoms with E-state index in [9.17, 15) is 9.59 Å². The third kappa shape index (κ3) is 2.59. The summed E-state index contributed by atoms with van der Waals surface area (Å²) in [4.78, 5) is 27.3. The van der Waals surface area contributed by atoms with Crippen LogP contribution in [-0.4, -0.2) is 20.6 Å². The fourth-order valence-electron chi connectivity index (χ4n) is 1.99. The Labute approximate surface area is 126 Å². The van der Waals surface area contributed by atoms with Crippen LogP contribution in [0.2, 0.25) is 0 Å². The Morgan fingerprint density at radius 1 is 1.33 bits per heavy atom. The van der Waals surface area contributed by atoms with Crippen molar-refractivity contribution in [1.29, 1.82) is 0 Å². The van der Waals surface area contributed by atoms with Crippen molar-refractivity contribution in [2.45, 2.75) is 6.54 Å². The first-order valence-electron chi connectivity index (χ1n) is 6.01. The van der Waals surface area contributed by atoms with E-state index in [1.807, 2.05) is 6.07 Å². The summed E-state index contributed by atoms with van der Waals surface area (Å²) >= 11 is 3.32. The average molecular weight is 349 g/mol. The summed E-state index contributed by atoms with van der Waals surface area (Å²) < 4.78 is 7.31. The number of aromatic nitrogens is 2. The minimum absolute atomic E-state index is 0.127. The number of rotatable bonds is 3. The summed E-state index contributed by atoms with van der Waals surface area (Å²) in [5, 5.41) is 9.29. The molecule has 3 rings (SSSR count). The quantitative estimate of drug-likeness (QED) is 0.785. The zero-order valence-electron chi connectivity index (χ0n) is 10.6. The van der Waals surface area contributed by atoms with Crippen LogP contribution in [0.5, 0.6) is 0 Å². The highest BCUT2D eigenvalue weighted by Crippen LogP contribution is 2.15. The van der Waals surface area contributed by atoms with Crippen LogP contribution < -0.4 is 5.56 Å². The third-order valence-electron chi connectivity index (χ3n) is 2.98. The van der Waals surface area contributed by atoms with Crippen molar-refractivity contribution < 1.29 is 14.3 Å². The molecule has 0 saturated carbocycles. The second-order valence-electron chi connectivity index (χ2n) is 4.41. The Morgan fingerprint density at radius 2 is 2.14 bits per heavy atom. The molecular formula is C14H9BrN2O4. The molecule has 106 valence electrons. The summed E-state index contributed by atoms with van der Waals surface area (Å²) in [6.07, 6.45) is 1.42. The summed E-state index contributed by atoms with van der Waals surface area (Å²) in [7, 11) is 0. The lowest BCUT2D eigenvalue weighted by Gasteiger charge is -2.05. The van der Waals surface area contributed by atoms with Crippen molar-refractivity contribution in [3.63, 3.8) is 0 Å². The molecule has 0 aliphatic rings. The number of hydrogen-bond acceptors (Lipinski definition) is 4. The van der Waals surface area contributed by atoms with E-state index in [0.29, 0.717) is 16.7 Å². The number of aromatic carboxylic acids is 1. The largest absolute Gasteiger partial charge is 0.475 e. The van der Waals surface area contributed by atoms with Crippen LogP contribution in [-0.2, 0) is 6.54 Å². The molecule has 0 fully saturated rings. The SMILES string of the molecule is O=C(O)c1ccc(Cn2cnc3ccc(Br)cc3c2=O)o1. The number of nitrogens with zero attached hydrogens (tertiary/aromatic N) is 2. The molecule has 0 saturated heterocycles. The molecule has 1 N–H and O–H groups in total. The van der Waals surface area contributed by atoms with Crippen molar-refractivity contribution in [2.24, 2.45) is 0 Å². The van der Waals surface area contributed by atoms with Gasteiger partial charge in [0.1, 0.15) is 5.76 Å². The number of fused-ring (bicyclic) bond motifs is 1. The van der Waals surface area contributed by atoms with Gasteiger partial charge in [0.05, 0.1) is 23.8 Å². The Hall–Kier alpha value is -2.41. The van der Waals surface area contributed by atoms with E-state index in [1.54, 1.807) is 12.1 Å². The van der Waals surface area contributed by atoms with Gasteiger partial charge < -0.3 is 9.52 Å². The monoisotopic (exact) mass is 348 g/mol. The normalized spacial score (nSPS) is 10.9. The first-order chi connectivity index (χ1) is 10.0. The average Bonchev–Trinajstić information content (AvgIpc) is 2.91. The van der Waals surface area contributed by atoms with Gasteiger partial charge in [-0.25, -0.2) is 9.78 Å². The van der Waals surface area contributed by atoms with Crippen LogP contribution in [0.15, 0.2) is 50.3 Å². The molecule has 2 heterocycles. The first kappa shape index (κ1) is 13.6. The predicted molar refractivity (Wildman–Crippen MR) is 78.5 cm³/mol. The molecule has 0 aliphatic heterocycles. The number of carboxylic acids is 1. The molecule has 6 nitrogen and oxygen atoms in total. The molecule has 21 heavy (non-hydrogen) atoms. The second kappa shape index (κ2) is 5.17. The van der Waals surface area contributed by atoms with Crippen molar-refractivity contribution in [3.8, 4) is 0 Å². The Kier molecular flexibility index (Phi) is 3.34. The van der Waals surface area contributed by atoms with E-state index < -0.39 is 5.97 Å². The van der Waals surface area contributed by atoms with Crippen LogP contribution in [0, 0.1) is 0 Å². The fourth-order valence-corrected chi connectivity index (χ4v) is 2.35. The number of carboxylic acid groups (broad SMARTS) is 1. The van der Waals surface area contributed by atoms with E-state index in [4.69, 9.17) is 9.52 Å². The van der Waals surface area contributed by atoms with Crippen molar-refractivity contribution >= 4 is 32.8 Å². The van der Waals surface area contributed by atoms with E-state index in [1.165, 1.54) is 23.0 Å². The molecule has 7 heteroatoms. The van der Waals surface area contributed by atoms with Crippen LogP contribution in [0.25, 0.3) is 10.9 Å². The molecule has 2 aromatic heterocycles. The van der Waals surface area contributed by atoms with Gasteiger partial charge in [0.15, 0.2) is 0 Å². The molecule has 3 aromatic rings. The smallest absolute Gasteiger partial charge is 0.371 e.